The van der Waals surface area contributed by atoms with E-state index in [9.17, 15) is 9.59 Å². The van der Waals surface area contributed by atoms with Gasteiger partial charge in [-0.3, -0.25) is 9.59 Å². The number of esters is 2. The van der Waals surface area contributed by atoms with Crippen LogP contribution in [0.4, 0.5) is 0 Å². The van der Waals surface area contributed by atoms with Crippen molar-refractivity contribution in [3.05, 3.63) is 0 Å². The minimum Gasteiger partial charge on any atom is -0.465 e. The lowest BCUT2D eigenvalue weighted by Gasteiger charge is -2.24. The normalized spacial score (nSPS) is 11.3. The summed E-state index contributed by atoms with van der Waals surface area (Å²) in [5.41, 5.74) is -1.41. The molecule has 0 bridgehead atoms. The molecular formula is C18H36O6. The molecule has 0 rings (SSSR count). The van der Waals surface area contributed by atoms with Crippen molar-refractivity contribution in [2.75, 3.05) is 26.4 Å². The van der Waals surface area contributed by atoms with Crippen LogP contribution in [0.25, 0.3) is 0 Å². The Balaban J connectivity index is 0. The van der Waals surface area contributed by atoms with Gasteiger partial charge in [-0.25, -0.2) is 0 Å². The molecule has 0 fully saturated rings. The number of hydrogen-bond acceptors (Lipinski definition) is 6. The SMILES string of the molecule is CCCC(C)(C(=O)OCC)C(=O)OCC.CCCC(C)(CO)CO. The summed E-state index contributed by atoms with van der Waals surface area (Å²) < 4.78 is 9.77. The van der Waals surface area contributed by atoms with Gasteiger partial charge in [-0.2, -0.15) is 0 Å². The van der Waals surface area contributed by atoms with Crippen LogP contribution in [0.1, 0.15) is 67.2 Å². The predicted molar refractivity (Wildman–Crippen MR) is 93.5 cm³/mol. The molecule has 0 atom stereocenters. The summed E-state index contributed by atoms with van der Waals surface area (Å²) in [5.74, 6) is -0.990. The minimum absolute atomic E-state index is 0.0807. The third-order valence-electron chi connectivity index (χ3n) is 3.82. The Kier molecular flexibility index (Phi) is 13.8. The Hall–Kier alpha value is -1.14. The van der Waals surface area contributed by atoms with Crippen molar-refractivity contribution in [1.82, 2.24) is 0 Å². The van der Waals surface area contributed by atoms with Crippen LogP contribution in [0.2, 0.25) is 0 Å². The maximum Gasteiger partial charge on any atom is 0.323 e. The third-order valence-corrected chi connectivity index (χ3v) is 3.82. The highest BCUT2D eigenvalue weighted by Crippen LogP contribution is 2.27. The highest BCUT2D eigenvalue weighted by Gasteiger charge is 2.43. The van der Waals surface area contributed by atoms with E-state index in [1.54, 1.807) is 20.8 Å². The van der Waals surface area contributed by atoms with Gasteiger partial charge in [0.1, 0.15) is 0 Å². The summed E-state index contributed by atoms with van der Waals surface area (Å²) in [6.45, 7) is 11.6. The van der Waals surface area contributed by atoms with Crippen LogP contribution in [0.15, 0.2) is 0 Å². The van der Waals surface area contributed by atoms with Gasteiger partial charge in [0.25, 0.3) is 0 Å². The molecule has 0 saturated carbocycles. The number of hydrogen-bond donors (Lipinski definition) is 2. The van der Waals surface area contributed by atoms with Crippen molar-refractivity contribution in [2.45, 2.75) is 67.2 Å². The number of aliphatic hydroxyl groups excluding tert-OH is 2. The van der Waals surface area contributed by atoms with Crippen molar-refractivity contribution in [3.8, 4) is 0 Å². The van der Waals surface area contributed by atoms with Gasteiger partial charge in [0, 0.05) is 5.41 Å². The van der Waals surface area contributed by atoms with E-state index < -0.39 is 17.4 Å². The first kappa shape index (κ1) is 25.1. The molecule has 0 heterocycles. The fourth-order valence-corrected chi connectivity index (χ4v) is 2.18. The molecule has 0 aliphatic heterocycles. The lowest BCUT2D eigenvalue weighted by Crippen LogP contribution is -2.39. The van der Waals surface area contributed by atoms with E-state index in [1.807, 2.05) is 20.8 Å². The van der Waals surface area contributed by atoms with Gasteiger partial charge < -0.3 is 19.7 Å². The lowest BCUT2D eigenvalue weighted by molar-refractivity contribution is -0.171. The molecule has 0 unspecified atom stereocenters. The standard InChI is InChI=1S/C11H20O4.C7H16O2/c1-5-8-11(4,9(12)14-6-2)10(13)15-7-3;1-3-4-7(2,5-8)6-9/h5-8H2,1-4H3;8-9H,3-6H2,1-2H3. The molecule has 6 nitrogen and oxygen atoms in total. The van der Waals surface area contributed by atoms with Crippen LogP contribution in [0.5, 0.6) is 0 Å². The van der Waals surface area contributed by atoms with E-state index >= 15 is 0 Å². The van der Waals surface area contributed by atoms with Gasteiger partial charge in [-0.15, -0.1) is 0 Å². The van der Waals surface area contributed by atoms with Gasteiger partial charge in [0.05, 0.1) is 26.4 Å². The predicted octanol–water partition coefficient (Wildman–Crippen LogP) is 2.70. The highest BCUT2D eigenvalue weighted by atomic mass is 16.6. The molecule has 2 N–H and O–H groups in total. The zero-order valence-electron chi connectivity index (χ0n) is 16.2. The summed E-state index contributed by atoms with van der Waals surface area (Å²) >= 11 is 0. The van der Waals surface area contributed by atoms with E-state index in [-0.39, 0.29) is 31.8 Å². The first-order chi connectivity index (χ1) is 11.2. The molecule has 144 valence electrons. The Morgan fingerprint density at radius 3 is 1.38 bits per heavy atom. The number of aliphatic hydroxyl groups is 2. The summed E-state index contributed by atoms with van der Waals surface area (Å²) in [6.07, 6.45) is 3.08. The van der Waals surface area contributed by atoms with Gasteiger partial charge in [0.2, 0.25) is 0 Å². The quantitative estimate of drug-likeness (QED) is 0.466. The molecule has 24 heavy (non-hydrogen) atoms. The molecule has 6 heteroatoms. The van der Waals surface area contributed by atoms with Crippen LogP contribution < -0.4 is 0 Å². The average Bonchev–Trinajstić information content (AvgIpc) is 2.56. The van der Waals surface area contributed by atoms with E-state index in [1.165, 1.54) is 0 Å². The van der Waals surface area contributed by atoms with E-state index in [2.05, 4.69) is 0 Å². The maximum absolute atomic E-state index is 11.6. The fourth-order valence-electron chi connectivity index (χ4n) is 2.18. The number of carbonyl (C=O) groups is 2. The van der Waals surface area contributed by atoms with Crippen molar-refractivity contribution in [1.29, 1.82) is 0 Å². The van der Waals surface area contributed by atoms with Gasteiger partial charge >= 0.3 is 11.9 Å². The molecule has 0 aromatic rings. The van der Waals surface area contributed by atoms with Gasteiger partial charge in [-0.05, 0) is 33.6 Å². The summed E-state index contributed by atoms with van der Waals surface area (Å²) in [6, 6.07) is 0. The molecule has 0 aromatic heterocycles. The summed E-state index contributed by atoms with van der Waals surface area (Å²) in [5, 5.41) is 17.5. The third kappa shape index (κ3) is 8.64. The van der Waals surface area contributed by atoms with Crippen LogP contribution in [-0.2, 0) is 19.1 Å². The first-order valence-electron chi connectivity index (χ1n) is 8.77. The Morgan fingerprint density at radius 2 is 1.17 bits per heavy atom. The molecule has 0 radical (unpaired) electrons. The highest BCUT2D eigenvalue weighted by molar-refractivity contribution is 5.99. The molecule has 0 spiro atoms. The zero-order chi connectivity index (χ0) is 19.2. The van der Waals surface area contributed by atoms with Crippen molar-refractivity contribution >= 4 is 11.9 Å². The van der Waals surface area contributed by atoms with Crippen molar-refractivity contribution < 1.29 is 29.3 Å². The van der Waals surface area contributed by atoms with Crippen LogP contribution in [-0.4, -0.2) is 48.6 Å². The number of rotatable bonds is 10. The minimum atomic E-state index is -1.15. The van der Waals surface area contributed by atoms with E-state index in [0.29, 0.717) is 6.42 Å². The Bertz CT molecular complexity index is 331. The molecule has 0 aliphatic rings. The van der Waals surface area contributed by atoms with Crippen LogP contribution >= 0.6 is 0 Å². The molecule has 0 saturated heterocycles. The number of ether oxygens (including phenoxy) is 2. The monoisotopic (exact) mass is 348 g/mol. The Morgan fingerprint density at radius 1 is 0.792 bits per heavy atom. The van der Waals surface area contributed by atoms with Gasteiger partial charge in [-0.1, -0.05) is 33.6 Å². The topological polar surface area (TPSA) is 93.1 Å². The smallest absolute Gasteiger partial charge is 0.323 e. The Labute approximate surface area is 146 Å². The van der Waals surface area contributed by atoms with Gasteiger partial charge in [0.15, 0.2) is 5.41 Å². The first-order valence-corrected chi connectivity index (χ1v) is 8.77. The molecule has 0 amide bonds. The molecular weight excluding hydrogens is 312 g/mol. The van der Waals surface area contributed by atoms with E-state index in [4.69, 9.17) is 19.7 Å². The second kappa shape index (κ2) is 13.2. The summed E-state index contributed by atoms with van der Waals surface area (Å²) in [7, 11) is 0. The second-order valence-electron chi connectivity index (χ2n) is 6.40. The average molecular weight is 348 g/mol. The zero-order valence-corrected chi connectivity index (χ0v) is 16.2. The van der Waals surface area contributed by atoms with E-state index in [0.717, 1.165) is 19.3 Å². The largest absolute Gasteiger partial charge is 0.465 e. The molecule has 0 aromatic carbocycles. The summed E-state index contributed by atoms with van der Waals surface area (Å²) in [4.78, 5) is 23.3. The number of carbonyl (C=O) groups excluding carboxylic acids is 2. The van der Waals surface area contributed by atoms with Crippen molar-refractivity contribution in [3.63, 3.8) is 0 Å². The van der Waals surface area contributed by atoms with Crippen LogP contribution in [0.3, 0.4) is 0 Å². The second-order valence-corrected chi connectivity index (χ2v) is 6.40. The molecule has 0 aliphatic carbocycles. The van der Waals surface area contributed by atoms with Crippen molar-refractivity contribution in [2.24, 2.45) is 10.8 Å². The maximum atomic E-state index is 11.6. The lowest BCUT2D eigenvalue weighted by atomic mass is 9.86. The fraction of sp³-hybridized carbons (Fsp3) is 0.889. The van der Waals surface area contributed by atoms with Crippen LogP contribution in [0, 0.1) is 10.8 Å².